The Morgan fingerprint density at radius 3 is 2.76 bits per heavy atom. The van der Waals surface area contributed by atoms with Crippen LogP contribution >= 0.6 is 11.8 Å². The molecule has 0 saturated heterocycles. The van der Waals surface area contributed by atoms with Crippen molar-refractivity contribution in [1.29, 1.82) is 0 Å². The van der Waals surface area contributed by atoms with Gasteiger partial charge in [-0.05, 0) is 37.9 Å². The lowest BCUT2D eigenvalue weighted by Gasteiger charge is -2.20. The van der Waals surface area contributed by atoms with Crippen molar-refractivity contribution >= 4 is 11.8 Å². The summed E-state index contributed by atoms with van der Waals surface area (Å²) in [5.74, 6) is 0.955. The fourth-order valence-electron chi connectivity index (χ4n) is 2.37. The highest BCUT2D eigenvalue weighted by Crippen LogP contribution is 2.25. The van der Waals surface area contributed by atoms with Gasteiger partial charge in [0.2, 0.25) is 0 Å². The van der Waals surface area contributed by atoms with Crippen molar-refractivity contribution in [1.82, 2.24) is 20.1 Å². The number of aryl methyl sites for hydroxylation is 3. The number of rotatable bonds is 7. The standard InChI is InChI=1S/C16H24N4S/c1-5-8-17-15(10-21-16-18-11-19-20(16)4)14-7-6-12(2)9-13(14)3/h6-7,9,11,15,17H,5,8,10H2,1-4H3. The normalized spacial score (nSPS) is 12.6. The van der Waals surface area contributed by atoms with Gasteiger partial charge in [-0.25, -0.2) is 9.67 Å². The molecule has 114 valence electrons. The van der Waals surface area contributed by atoms with E-state index in [0.717, 1.165) is 23.9 Å². The molecule has 0 spiro atoms. The van der Waals surface area contributed by atoms with Gasteiger partial charge >= 0.3 is 0 Å². The molecule has 21 heavy (non-hydrogen) atoms. The van der Waals surface area contributed by atoms with Crippen LogP contribution in [0.1, 0.15) is 36.1 Å². The Labute approximate surface area is 131 Å². The molecule has 1 N–H and O–H groups in total. The summed E-state index contributed by atoms with van der Waals surface area (Å²) in [6.45, 7) is 7.55. The van der Waals surface area contributed by atoms with Gasteiger partial charge in [-0.1, -0.05) is 42.4 Å². The van der Waals surface area contributed by atoms with E-state index < -0.39 is 0 Å². The van der Waals surface area contributed by atoms with Gasteiger partial charge in [-0.3, -0.25) is 0 Å². The zero-order chi connectivity index (χ0) is 15.2. The third kappa shape index (κ3) is 4.32. The molecule has 0 amide bonds. The summed E-state index contributed by atoms with van der Waals surface area (Å²) in [6.07, 6.45) is 2.74. The summed E-state index contributed by atoms with van der Waals surface area (Å²) in [6, 6.07) is 7.03. The Morgan fingerprint density at radius 2 is 2.14 bits per heavy atom. The number of aromatic nitrogens is 3. The van der Waals surface area contributed by atoms with Crippen LogP contribution in [-0.4, -0.2) is 27.1 Å². The van der Waals surface area contributed by atoms with Gasteiger partial charge in [-0.15, -0.1) is 0 Å². The molecule has 0 radical (unpaired) electrons. The van der Waals surface area contributed by atoms with Crippen LogP contribution in [0.2, 0.25) is 0 Å². The number of benzene rings is 1. The minimum Gasteiger partial charge on any atom is -0.309 e. The topological polar surface area (TPSA) is 42.7 Å². The molecule has 2 rings (SSSR count). The molecule has 1 atom stereocenters. The quantitative estimate of drug-likeness (QED) is 0.797. The van der Waals surface area contributed by atoms with E-state index in [9.17, 15) is 0 Å². The van der Waals surface area contributed by atoms with Crippen LogP contribution in [0.25, 0.3) is 0 Å². The highest BCUT2D eigenvalue weighted by atomic mass is 32.2. The predicted octanol–water partition coefficient (Wildman–Crippen LogP) is 3.26. The Hall–Kier alpha value is -1.33. The molecular formula is C16H24N4S. The minimum absolute atomic E-state index is 0.340. The van der Waals surface area contributed by atoms with Crippen molar-refractivity contribution < 1.29 is 0 Å². The maximum Gasteiger partial charge on any atom is 0.185 e. The highest BCUT2D eigenvalue weighted by Gasteiger charge is 2.15. The predicted molar refractivity (Wildman–Crippen MR) is 88.7 cm³/mol. The summed E-state index contributed by atoms with van der Waals surface area (Å²) in [7, 11) is 1.93. The van der Waals surface area contributed by atoms with Crippen molar-refractivity contribution in [3.63, 3.8) is 0 Å². The molecule has 0 fully saturated rings. The first-order valence-corrected chi connectivity index (χ1v) is 8.37. The largest absolute Gasteiger partial charge is 0.309 e. The van der Waals surface area contributed by atoms with Crippen LogP contribution in [0, 0.1) is 13.8 Å². The average molecular weight is 304 g/mol. The molecule has 0 aliphatic rings. The molecule has 0 aliphatic heterocycles. The summed E-state index contributed by atoms with van der Waals surface area (Å²) < 4.78 is 1.82. The minimum atomic E-state index is 0.340. The smallest absolute Gasteiger partial charge is 0.185 e. The molecule has 1 aromatic heterocycles. The van der Waals surface area contributed by atoms with Gasteiger partial charge in [0.25, 0.3) is 0 Å². The van der Waals surface area contributed by atoms with Crippen molar-refractivity contribution in [2.75, 3.05) is 12.3 Å². The second kappa shape index (κ2) is 7.61. The van der Waals surface area contributed by atoms with Crippen molar-refractivity contribution in [2.24, 2.45) is 7.05 Å². The molecule has 2 aromatic rings. The Balaban J connectivity index is 2.12. The molecule has 0 aliphatic carbocycles. The summed E-state index contributed by atoms with van der Waals surface area (Å²) in [5.41, 5.74) is 4.04. The van der Waals surface area contributed by atoms with Crippen molar-refractivity contribution in [3.8, 4) is 0 Å². The Morgan fingerprint density at radius 1 is 1.33 bits per heavy atom. The number of hydrogen-bond acceptors (Lipinski definition) is 4. The van der Waals surface area contributed by atoms with E-state index in [-0.39, 0.29) is 0 Å². The summed E-state index contributed by atoms with van der Waals surface area (Å²) in [5, 5.41) is 8.73. The molecule has 1 heterocycles. The van der Waals surface area contributed by atoms with E-state index in [1.165, 1.54) is 16.7 Å². The number of hydrogen-bond donors (Lipinski definition) is 1. The first-order chi connectivity index (χ1) is 10.1. The van der Waals surface area contributed by atoms with Crippen LogP contribution in [0.3, 0.4) is 0 Å². The third-order valence-corrected chi connectivity index (χ3v) is 4.62. The molecule has 5 heteroatoms. The van der Waals surface area contributed by atoms with Crippen molar-refractivity contribution in [3.05, 3.63) is 41.2 Å². The van der Waals surface area contributed by atoms with Crippen LogP contribution in [0.5, 0.6) is 0 Å². The molecule has 1 aromatic carbocycles. The van der Waals surface area contributed by atoms with Crippen LogP contribution < -0.4 is 5.32 Å². The van der Waals surface area contributed by atoms with Gasteiger partial charge in [0.15, 0.2) is 5.16 Å². The SMILES string of the molecule is CCCNC(CSc1ncnn1C)c1ccc(C)cc1C. The lowest BCUT2D eigenvalue weighted by molar-refractivity contribution is 0.573. The van der Waals surface area contributed by atoms with E-state index in [0.29, 0.717) is 6.04 Å². The van der Waals surface area contributed by atoms with Crippen LogP contribution in [-0.2, 0) is 7.05 Å². The molecule has 0 bridgehead atoms. The van der Waals surface area contributed by atoms with Gasteiger partial charge < -0.3 is 5.32 Å². The second-order valence-corrected chi connectivity index (χ2v) is 6.33. The van der Waals surface area contributed by atoms with Gasteiger partial charge in [0, 0.05) is 18.8 Å². The van der Waals surface area contributed by atoms with E-state index in [1.807, 2.05) is 11.7 Å². The van der Waals surface area contributed by atoms with Gasteiger partial charge in [-0.2, -0.15) is 5.10 Å². The van der Waals surface area contributed by atoms with Crippen LogP contribution in [0.15, 0.2) is 29.7 Å². The summed E-state index contributed by atoms with van der Waals surface area (Å²) in [4.78, 5) is 4.29. The highest BCUT2D eigenvalue weighted by molar-refractivity contribution is 7.99. The monoisotopic (exact) mass is 304 g/mol. The van der Waals surface area contributed by atoms with E-state index in [4.69, 9.17) is 0 Å². The molecule has 1 unspecified atom stereocenters. The Kier molecular flexibility index (Phi) is 5.82. The first kappa shape index (κ1) is 16.0. The van der Waals surface area contributed by atoms with E-state index in [1.54, 1.807) is 18.1 Å². The lowest BCUT2D eigenvalue weighted by atomic mass is 10.00. The van der Waals surface area contributed by atoms with E-state index >= 15 is 0 Å². The fraction of sp³-hybridized carbons (Fsp3) is 0.500. The van der Waals surface area contributed by atoms with Gasteiger partial charge in [0.1, 0.15) is 6.33 Å². The number of nitrogens with zero attached hydrogens (tertiary/aromatic N) is 3. The van der Waals surface area contributed by atoms with Crippen molar-refractivity contribution in [2.45, 2.75) is 38.4 Å². The lowest BCUT2D eigenvalue weighted by Crippen LogP contribution is -2.25. The molecule has 0 saturated carbocycles. The zero-order valence-corrected chi connectivity index (χ0v) is 14.1. The first-order valence-electron chi connectivity index (χ1n) is 7.39. The second-order valence-electron chi connectivity index (χ2n) is 5.34. The molecule has 4 nitrogen and oxygen atoms in total. The summed E-state index contributed by atoms with van der Waals surface area (Å²) >= 11 is 1.75. The maximum atomic E-state index is 4.29. The number of thioether (sulfide) groups is 1. The third-order valence-electron chi connectivity index (χ3n) is 3.49. The van der Waals surface area contributed by atoms with Crippen LogP contribution in [0.4, 0.5) is 0 Å². The average Bonchev–Trinajstić information content (AvgIpc) is 2.85. The zero-order valence-electron chi connectivity index (χ0n) is 13.3. The fourth-order valence-corrected chi connectivity index (χ4v) is 3.34. The molecular weight excluding hydrogens is 280 g/mol. The van der Waals surface area contributed by atoms with Gasteiger partial charge in [0.05, 0.1) is 0 Å². The Bertz CT molecular complexity index is 579. The van der Waals surface area contributed by atoms with E-state index in [2.05, 4.69) is 54.4 Å². The number of nitrogens with one attached hydrogen (secondary N) is 1. The maximum absolute atomic E-state index is 4.29.